The normalized spacial score (nSPS) is 20.8. The Hall–Kier alpha value is -1.00. The predicted octanol–water partition coefficient (Wildman–Crippen LogP) is 0.0702. The third-order valence-electron chi connectivity index (χ3n) is 2.82. The van der Waals surface area contributed by atoms with Crippen molar-refractivity contribution in [3.63, 3.8) is 0 Å². The Morgan fingerprint density at radius 2 is 1.12 bits per heavy atom. The van der Waals surface area contributed by atoms with E-state index in [9.17, 15) is 0 Å². The molecule has 16 heavy (non-hydrogen) atoms. The maximum Gasteiger partial charge on any atom is 0.0348 e. The van der Waals surface area contributed by atoms with Crippen LogP contribution in [0.25, 0.3) is 0 Å². The van der Waals surface area contributed by atoms with Gasteiger partial charge in [-0.3, -0.25) is 0 Å². The van der Waals surface area contributed by atoms with Gasteiger partial charge in [0.2, 0.25) is 0 Å². The first-order valence-electron chi connectivity index (χ1n) is 6.01. The Balaban J connectivity index is 2.39. The molecule has 0 atom stereocenters. The third-order valence-corrected chi connectivity index (χ3v) is 2.82. The molecule has 1 aliphatic heterocycles. The van der Waals surface area contributed by atoms with Crippen molar-refractivity contribution in [3.8, 4) is 0 Å². The van der Waals surface area contributed by atoms with E-state index in [-0.39, 0.29) is 0 Å². The molecule has 0 saturated carbocycles. The van der Waals surface area contributed by atoms with Crippen LogP contribution in [0.5, 0.6) is 0 Å². The Kier molecular flexibility index (Phi) is 6.69. The number of rotatable bonds is 2. The maximum absolute atomic E-state index is 3.84. The molecule has 0 aliphatic carbocycles. The summed E-state index contributed by atoms with van der Waals surface area (Å²) in [6.45, 7) is 15.8. The first-order chi connectivity index (χ1) is 7.86. The summed E-state index contributed by atoms with van der Waals surface area (Å²) in [6.07, 6.45) is 3.85. The molecule has 1 aliphatic rings. The van der Waals surface area contributed by atoms with Gasteiger partial charge in [0.05, 0.1) is 0 Å². The van der Waals surface area contributed by atoms with Crippen LogP contribution < -0.4 is 10.6 Å². The molecule has 0 radical (unpaired) electrons. The Bertz CT molecular complexity index is 183. The van der Waals surface area contributed by atoms with Gasteiger partial charge in [0.1, 0.15) is 0 Å². The number of hydrogen-bond donors (Lipinski definition) is 2. The zero-order chi connectivity index (χ0) is 11.6. The average Bonchev–Trinajstić information content (AvgIpc) is 2.30. The molecule has 0 unspecified atom stereocenters. The smallest absolute Gasteiger partial charge is 0.0348 e. The summed E-state index contributed by atoms with van der Waals surface area (Å²) in [5, 5.41) is 6.81. The van der Waals surface area contributed by atoms with Crippen molar-refractivity contribution in [2.45, 2.75) is 0 Å². The second kappa shape index (κ2) is 8.19. The highest BCUT2D eigenvalue weighted by Crippen LogP contribution is 1.93. The van der Waals surface area contributed by atoms with Crippen molar-refractivity contribution < 1.29 is 0 Å². The number of nitrogens with one attached hydrogen (secondary N) is 2. The summed E-state index contributed by atoms with van der Waals surface area (Å²) < 4.78 is 0. The van der Waals surface area contributed by atoms with E-state index >= 15 is 0 Å². The summed E-state index contributed by atoms with van der Waals surface area (Å²) >= 11 is 0. The Morgan fingerprint density at radius 3 is 1.50 bits per heavy atom. The molecular weight excluding hydrogens is 200 g/mol. The van der Waals surface area contributed by atoms with E-state index in [1.54, 1.807) is 0 Å². The first-order valence-corrected chi connectivity index (χ1v) is 6.01. The van der Waals surface area contributed by atoms with Crippen LogP contribution >= 0.6 is 0 Å². The predicted molar refractivity (Wildman–Crippen MR) is 69.3 cm³/mol. The molecule has 1 rings (SSSR count). The van der Waals surface area contributed by atoms with E-state index in [2.05, 4.69) is 33.6 Å². The minimum absolute atomic E-state index is 1.01. The van der Waals surface area contributed by atoms with Gasteiger partial charge in [0.15, 0.2) is 0 Å². The average molecular weight is 224 g/mol. The number of hydrogen-bond acceptors (Lipinski definition) is 4. The zero-order valence-electron chi connectivity index (χ0n) is 10.1. The van der Waals surface area contributed by atoms with Gasteiger partial charge in [0.25, 0.3) is 0 Å². The van der Waals surface area contributed by atoms with Crippen LogP contribution in [0.3, 0.4) is 0 Å². The van der Waals surface area contributed by atoms with Crippen LogP contribution in [-0.4, -0.2) is 62.2 Å². The van der Waals surface area contributed by atoms with Crippen LogP contribution in [0.4, 0.5) is 0 Å². The molecule has 92 valence electrons. The molecule has 1 fully saturated rings. The fourth-order valence-corrected chi connectivity index (χ4v) is 1.72. The van der Waals surface area contributed by atoms with Crippen LogP contribution in [-0.2, 0) is 0 Å². The second-order valence-electron chi connectivity index (χ2n) is 3.94. The topological polar surface area (TPSA) is 30.5 Å². The quantitative estimate of drug-likeness (QED) is 0.695. The highest BCUT2D eigenvalue weighted by atomic mass is 15.2. The summed E-state index contributed by atoms with van der Waals surface area (Å²) in [5.41, 5.74) is 0. The van der Waals surface area contributed by atoms with Gasteiger partial charge >= 0.3 is 0 Å². The lowest BCUT2D eigenvalue weighted by Crippen LogP contribution is -2.40. The highest BCUT2D eigenvalue weighted by molar-refractivity contribution is 4.78. The van der Waals surface area contributed by atoms with E-state index in [1.807, 2.05) is 12.4 Å². The summed E-state index contributed by atoms with van der Waals surface area (Å²) in [5.74, 6) is 0. The third kappa shape index (κ3) is 5.19. The largest absolute Gasteiger partial charge is 0.375 e. The molecule has 4 heteroatoms. The van der Waals surface area contributed by atoms with Gasteiger partial charge in [-0.25, -0.2) is 0 Å². The van der Waals surface area contributed by atoms with Crippen molar-refractivity contribution in [1.82, 2.24) is 20.4 Å². The lowest BCUT2D eigenvalue weighted by Gasteiger charge is -2.26. The molecule has 0 amide bonds. The maximum atomic E-state index is 3.84. The highest BCUT2D eigenvalue weighted by Gasteiger charge is 2.03. The van der Waals surface area contributed by atoms with E-state index < -0.39 is 0 Å². The lowest BCUT2D eigenvalue weighted by molar-refractivity contribution is 0.290. The fourth-order valence-electron chi connectivity index (χ4n) is 1.72. The van der Waals surface area contributed by atoms with E-state index in [0.717, 1.165) is 52.4 Å². The molecule has 1 heterocycles. The second-order valence-corrected chi connectivity index (χ2v) is 3.94. The minimum Gasteiger partial charge on any atom is -0.375 e. The van der Waals surface area contributed by atoms with Crippen molar-refractivity contribution in [1.29, 1.82) is 0 Å². The molecule has 0 bridgehead atoms. The molecule has 2 N–H and O–H groups in total. The number of nitrogens with zero attached hydrogens (tertiary/aromatic N) is 2. The molecule has 1 saturated heterocycles. The van der Waals surface area contributed by atoms with Gasteiger partial charge in [-0.1, -0.05) is 13.2 Å². The molecule has 0 aromatic carbocycles. The zero-order valence-corrected chi connectivity index (χ0v) is 10.1. The standard InChI is InChI=1S/C12H24N4/c1-3-15-9-7-13-5-6-14-8-10-16(4-2)12-11-15/h3-4,13-14H,1-2,5-12H2. The molecule has 0 aromatic heterocycles. The van der Waals surface area contributed by atoms with Crippen molar-refractivity contribution in [2.75, 3.05) is 52.4 Å². The van der Waals surface area contributed by atoms with Crippen molar-refractivity contribution in [3.05, 3.63) is 25.6 Å². The summed E-state index contributed by atoms with van der Waals surface area (Å²) in [6, 6.07) is 0. The van der Waals surface area contributed by atoms with E-state index in [1.165, 1.54) is 0 Å². The summed E-state index contributed by atoms with van der Waals surface area (Å²) in [4.78, 5) is 4.50. The van der Waals surface area contributed by atoms with E-state index in [0.29, 0.717) is 0 Å². The van der Waals surface area contributed by atoms with Crippen LogP contribution in [0.15, 0.2) is 25.6 Å². The monoisotopic (exact) mass is 224 g/mol. The van der Waals surface area contributed by atoms with Gasteiger partial charge in [-0.2, -0.15) is 0 Å². The van der Waals surface area contributed by atoms with Crippen molar-refractivity contribution >= 4 is 0 Å². The first kappa shape index (κ1) is 13.1. The van der Waals surface area contributed by atoms with Crippen molar-refractivity contribution in [2.24, 2.45) is 0 Å². The van der Waals surface area contributed by atoms with Gasteiger partial charge < -0.3 is 20.4 Å². The van der Waals surface area contributed by atoms with Gasteiger partial charge in [0, 0.05) is 52.4 Å². The van der Waals surface area contributed by atoms with Crippen LogP contribution in [0, 0.1) is 0 Å². The Labute approximate surface area is 99.0 Å². The molecular formula is C12H24N4. The van der Waals surface area contributed by atoms with Gasteiger partial charge in [-0.05, 0) is 12.4 Å². The molecule has 4 nitrogen and oxygen atoms in total. The molecule has 0 spiro atoms. The van der Waals surface area contributed by atoms with Gasteiger partial charge in [-0.15, -0.1) is 0 Å². The minimum atomic E-state index is 1.01. The van der Waals surface area contributed by atoms with Crippen LogP contribution in [0.1, 0.15) is 0 Å². The summed E-state index contributed by atoms with van der Waals surface area (Å²) in [7, 11) is 0. The Morgan fingerprint density at radius 1 is 0.688 bits per heavy atom. The van der Waals surface area contributed by atoms with Crippen LogP contribution in [0.2, 0.25) is 0 Å². The lowest BCUT2D eigenvalue weighted by atomic mass is 10.4. The van der Waals surface area contributed by atoms with E-state index in [4.69, 9.17) is 0 Å². The fraction of sp³-hybridized carbons (Fsp3) is 0.667. The SMILES string of the molecule is C=CN1CCNCCNCCN(C=C)CC1. The molecule has 0 aromatic rings.